The minimum atomic E-state index is -0.486. The lowest BCUT2D eigenvalue weighted by Crippen LogP contribution is -2.57. The van der Waals surface area contributed by atoms with Crippen molar-refractivity contribution >= 4 is 28.6 Å². The van der Waals surface area contributed by atoms with Crippen molar-refractivity contribution < 1.29 is 4.79 Å². The van der Waals surface area contributed by atoms with E-state index in [1.54, 1.807) is 0 Å². The normalized spacial score (nSPS) is 15.3. The van der Waals surface area contributed by atoms with Gasteiger partial charge in [0.05, 0.1) is 11.6 Å². The molecule has 0 aliphatic carbocycles. The predicted octanol–water partition coefficient (Wildman–Crippen LogP) is 2.69. The van der Waals surface area contributed by atoms with Crippen LogP contribution in [0.5, 0.6) is 0 Å². The van der Waals surface area contributed by atoms with Crippen molar-refractivity contribution in [3.05, 3.63) is 0 Å². The summed E-state index contributed by atoms with van der Waals surface area (Å²) in [4.78, 5) is 12.2. The summed E-state index contributed by atoms with van der Waals surface area (Å²) in [6.07, 6.45) is 0. The fourth-order valence-corrected chi connectivity index (χ4v) is 1.64. The SMILES string of the molecule is CC(C)C(C)(C)N[C@@H](C)C(=O)C(C)(C)NI. The highest BCUT2D eigenvalue weighted by molar-refractivity contribution is 14.1. The Hall–Kier alpha value is 0.320. The van der Waals surface area contributed by atoms with Gasteiger partial charge >= 0.3 is 0 Å². The first-order valence-corrected chi connectivity index (χ1v) is 6.82. The molecule has 0 radical (unpaired) electrons. The average Bonchev–Trinajstić information content (AvgIpc) is 2.15. The van der Waals surface area contributed by atoms with Crippen molar-refractivity contribution in [3.8, 4) is 0 Å². The van der Waals surface area contributed by atoms with Crippen LogP contribution in [0, 0.1) is 5.92 Å². The highest BCUT2D eigenvalue weighted by Crippen LogP contribution is 2.18. The number of nitrogens with one attached hydrogen (secondary N) is 2. The maximum atomic E-state index is 12.2. The van der Waals surface area contributed by atoms with E-state index in [1.165, 1.54) is 0 Å². The summed E-state index contributed by atoms with van der Waals surface area (Å²) in [6, 6.07) is -0.144. The van der Waals surface area contributed by atoms with E-state index in [9.17, 15) is 4.79 Å². The van der Waals surface area contributed by atoms with Crippen LogP contribution < -0.4 is 8.85 Å². The number of rotatable bonds is 6. The Bertz CT molecular complexity index is 249. The lowest BCUT2D eigenvalue weighted by atomic mass is 9.87. The minimum Gasteiger partial charge on any atom is -0.302 e. The first-order valence-electron chi connectivity index (χ1n) is 5.74. The molecule has 3 nitrogen and oxygen atoms in total. The number of ketones is 1. The Morgan fingerprint density at radius 2 is 1.56 bits per heavy atom. The molecule has 16 heavy (non-hydrogen) atoms. The Morgan fingerprint density at radius 3 is 1.88 bits per heavy atom. The molecule has 1 atom stereocenters. The van der Waals surface area contributed by atoms with Gasteiger partial charge in [0.15, 0.2) is 5.78 Å². The molecular weight excluding hydrogens is 315 g/mol. The van der Waals surface area contributed by atoms with E-state index in [1.807, 2.05) is 43.6 Å². The van der Waals surface area contributed by atoms with Crippen LogP contribution in [0.15, 0.2) is 0 Å². The van der Waals surface area contributed by atoms with Crippen LogP contribution in [0.1, 0.15) is 48.5 Å². The maximum absolute atomic E-state index is 12.2. The van der Waals surface area contributed by atoms with Crippen LogP contribution in [0.25, 0.3) is 0 Å². The molecule has 0 aromatic rings. The molecule has 0 aromatic carbocycles. The van der Waals surface area contributed by atoms with E-state index in [0.717, 1.165) is 0 Å². The van der Waals surface area contributed by atoms with Crippen molar-refractivity contribution in [2.75, 3.05) is 0 Å². The second-order valence-electron chi connectivity index (χ2n) is 5.83. The zero-order chi connectivity index (χ0) is 13.1. The van der Waals surface area contributed by atoms with Crippen LogP contribution in [0.4, 0.5) is 0 Å². The maximum Gasteiger partial charge on any atom is 0.169 e. The monoisotopic (exact) mass is 340 g/mol. The molecule has 0 saturated heterocycles. The van der Waals surface area contributed by atoms with E-state index >= 15 is 0 Å². The molecule has 0 unspecified atom stereocenters. The lowest BCUT2D eigenvalue weighted by Gasteiger charge is -2.36. The summed E-state index contributed by atoms with van der Waals surface area (Å²) in [5.74, 6) is 0.675. The third kappa shape index (κ3) is 4.30. The van der Waals surface area contributed by atoms with Gasteiger partial charge in [-0.05, 0) is 40.5 Å². The van der Waals surface area contributed by atoms with Crippen molar-refractivity contribution in [2.24, 2.45) is 5.92 Å². The molecule has 4 heteroatoms. The molecule has 0 amide bonds. The van der Waals surface area contributed by atoms with Gasteiger partial charge in [0.25, 0.3) is 0 Å². The second-order valence-corrected chi connectivity index (χ2v) is 6.37. The molecule has 96 valence electrons. The molecule has 0 fully saturated rings. The van der Waals surface area contributed by atoms with Crippen molar-refractivity contribution in [2.45, 2.75) is 65.6 Å². The van der Waals surface area contributed by atoms with Gasteiger partial charge in [-0.15, -0.1) is 0 Å². The fourth-order valence-electron chi connectivity index (χ4n) is 1.38. The first-order chi connectivity index (χ1) is 7.04. The van der Waals surface area contributed by atoms with Crippen LogP contribution in [-0.2, 0) is 4.79 Å². The topological polar surface area (TPSA) is 41.1 Å². The Morgan fingerprint density at radius 1 is 1.12 bits per heavy atom. The second kappa shape index (κ2) is 5.78. The number of carbonyl (C=O) groups is 1. The van der Waals surface area contributed by atoms with Crippen LogP contribution in [-0.4, -0.2) is 22.9 Å². The predicted molar refractivity (Wildman–Crippen MR) is 77.8 cm³/mol. The quantitative estimate of drug-likeness (QED) is 0.577. The van der Waals surface area contributed by atoms with Crippen LogP contribution in [0.3, 0.4) is 0 Å². The number of hydrogen-bond acceptors (Lipinski definition) is 3. The van der Waals surface area contributed by atoms with E-state index in [0.29, 0.717) is 5.92 Å². The van der Waals surface area contributed by atoms with Gasteiger partial charge in [-0.1, -0.05) is 13.8 Å². The number of Topliss-reactive ketones (excluding diaryl/α,β-unsaturated/α-hetero) is 1. The standard InChI is InChI=1S/C12H25IN2O/c1-8(2)11(4,5)14-9(3)10(16)12(6,7)15-13/h8-9,14-15H,1-7H3/t9-/m0/s1. The van der Waals surface area contributed by atoms with E-state index in [4.69, 9.17) is 0 Å². The zero-order valence-corrected chi connectivity index (χ0v) is 13.6. The van der Waals surface area contributed by atoms with Crippen molar-refractivity contribution in [1.82, 2.24) is 8.85 Å². The molecule has 0 bridgehead atoms. The molecular formula is C12H25IN2O. The average molecular weight is 340 g/mol. The zero-order valence-electron chi connectivity index (χ0n) is 11.4. The van der Waals surface area contributed by atoms with Gasteiger partial charge in [-0.3, -0.25) is 4.79 Å². The number of carbonyl (C=O) groups excluding carboxylic acids is 1. The lowest BCUT2D eigenvalue weighted by molar-refractivity contribution is -0.125. The van der Waals surface area contributed by atoms with E-state index < -0.39 is 5.54 Å². The van der Waals surface area contributed by atoms with E-state index in [-0.39, 0.29) is 17.4 Å². The summed E-state index contributed by atoms with van der Waals surface area (Å²) in [7, 11) is 0. The molecule has 0 aliphatic rings. The summed E-state index contributed by atoms with van der Waals surface area (Å²) in [6.45, 7) is 14.3. The molecule has 0 aliphatic heterocycles. The van der Waals surface area contributed by atoms with Gasteiger partial charge in [-0.2, -0.15) is 0 Å². The summed E-state index contributed by atoms with van der Waals surface area (Å²) < 4.78 is 3.02. The highest BCUT2D eigenvalue weighted by Gasteiger charge is 2.34. The first kappa shape index (κ1) is 16.3. The number of hydrogen-bond donors (Lipinski definition) is 2. The molecule has 0 heterocycles. The largest absolute Gasteiger partial charge is 0.302 e. The molecule has 0 saturated carbocycles. The third-order valence-electron chi connectivity index (χ3n) is 3.28. The Kier molecular flexibility index (Phi) is 5.89. The smallest absolute Gasteiger partial charge is 0.169 e. The van der Waals surface area contributed by atoms with Gasteiger partial charge in [0.1, 0.15) is 0 Å². The van der Waals surface area contributed by atoms with Gasteiger partial charge in [-0.25, -0.2) is 3.53 Å². The number of halogens is 1. The van der Waals surface area contributed by atoms with E-state index in [2.05, 4.69) is 36.5 Å². The van der Waals surface area contributed by atoms with Crippen molar-refractivity contribution in [1.29, 1.82) is 0 Å². The Labute approximate surface area is 114 Å². The van der Waals surface area contributed by atoms with Gasteiger partial charge in [0.2, 0.25) is 0 Å². The highest BCUT2D eigenvalue weighted by atomic mass is 127. The summed E-state index contributed by atoms with van der Waals surface area (Å²) >= 11 is 2.03. The van der Waals surface area contributed by atoms with Crippen molar-refractivity contribution in [3.63, 3.8) is 0 Å². The third-order valence-corrected chi connectivity index (χ3v) is 4.63. The van der Waals surface area contributed by atoms with Crippen LogP contribution in [0.2, 0.25) is 0 Å². The summed E-state index contributed by atoms with van der Waals surface area (Å²) in [5.41, 5.74) is -0.517. The minimum absolute atomic E-state index is 0.0313. The molecule has 2 N–H and O–H groups in total. The van der Waals surface area contributed by atoms with Gasteiger partial charge < -0.3 is 5.32 Å². The summed E-state index contributed by atoms with van der Waals surface area (Å²) in [5, 5.41) is 3.40. The Balaban J connectivity index is 4.60. The van der Waals surface area contributed by atoms with Crippen LogP contribution >= 0.6 is 22.9 Å². The molecule has 0 aromatic heterocycles. The fraction of sp³-hybridized carbons (Fsp3) is 0.917. The molecule has 0 spiro atoms. The van der Waals surface area contributed by atoms with Gasteiger partial charge in [0, 0.05) is 28.4 Å². The molecule has 0 rings (SSSR count).